The first-order chi connectivity index (χ1) is 7.33. The topological polar surface area (TPSA) is 12.0 Å². The first kappa shape index (κ1) is 13.3. The molecule has 0 saturated heterocycles. The summed E-state index contributed by atoms with van der Waals surface area (Å²) in [4.78, 5) is 0. The van der Waals surface area contributed by atoms with Gasteiger partial charge in [0.15, 0.2) is 0 Å². The Bertz CT molecular complexity index is 261. The van der Waals surface area contributed by atoms with Crippen LogP contribution in [0.5, 0.6) is 0 Å². The normalized spacial score (nSPS) is 10.5. The largest absolute Gasteiger partial charge is 0.313 e. The molecule has 1 nitrogen and oxygen atoms in total. The van der Waals surface area contributed by atoms with Gasteiger partial charge in [-0.3, -0.25) is 0 Å². The van der Waals surface area contributed by atoms with E-state index < -0.39 is 0 Å². The van der Waals surface area contributed by atoms with Crippen LogP contribution in [0.1, 0.15) is 24.8 Å². The van der Waals surface area contributed by atoms with E-state index in [4.69, 9.17) is 11.6 Å². The summed E-state index contributed by atoms with van der Waals surface area (Å²) in [7, 11) is 0. The van der Waals surface area contributed by atoms with Crippen molar-refractivity contribution in [1.29, 1.82) is 0 Å². The van der Waals surface area contributed by atoms with Gasteiger partial charge in [0.1, 0.15) is 0 Å². The van der Waals surface area contributed by atoms with Crippen molar-refractivity contribution >= 4 is 34.2 Å². The highest BCUT2D eigenvalue weighted by Gasteiger charge is 1.92. The lowest BCUT2D eigenvalue weighted by Gasteiger charge is -2.04. The first-order valence-corrected chi connectivity index (χ1v) is 6.95. The van der Waals surface area contributed by atoms with Crippen LogP contribution in [0.15, 0.2) is 24.3 Å². The molecule has 15 heavy (non-hydrogen) atoms. The molecular weight excluding hydrogens is 320 g/mol. The Morgan fingerprint density at radius 1 is 1.07 bits per heavy atom. The predicted molar refractivity (Wildman–Crippen MR) is 75.4 cm³/mol. The Labute approximate surface area is 111 Å². The highest BCUT2D eigenvalue weighted by molar-refractivity contribution is 14.1. The summed E-state index contributed by atoms with van der Waals surface area (Å²) in [5, 5.41) is 3.43. The standard InChI is InChI=1S/C12H17ClIN/c13-8-2-1-3-9-15-10-11-4-6-12(14)7-5-11/h4-7,15H,1-3,8-10H2. The van der Waals surface area contributed by atoms with Crippen molar-refractivity contribution in [2.75, 3.05) is 12.4 Å². The van der Waals surface area contributed by atoms with Crippen molar-refractivity contribution in [1.82, 2.24) is 5.32 Å². The molecule has 1 aromatic carbocycles. The van der Waals surface area contributed by atoms with Gasteiger partial charge in [0.2, 0.25) is 0 Å². The number of hydrogen-bond acceptors (Lipinski definition) is 1. The second-order valence-electron chi connectivity index (χ2n) is 3.55. The third kappa shape index (κ3) is 6.38. The fraction of sp³-hybridized carbons (Fsp3) is 0.500. The second kappa shape index (κ2) is 8.36. The Morgan fingerprint density at radius 2 is 1.80 bits per heavy atom. The lowest BCUT2D eigenvalue weighted by atomic mass is 10.2. The number of hydrogen-bond donors (Lipinski definition) is 1. The number of nitrogens with one attached hydrogen (secondary N) is 1. The van der Waals surface area contributed by atoms with Crippen LogP contribution in [0.4, 0.5) is 0 Å². The average Bonchev–Trinajstić information content (AvgIpc) is 2.26. The van der Waals surface area contributed by atoms with Gasteiger partial charge in [0.05, 0.1) is 0 Å². The molecule has 0 aliphatic heterocycles. The average molecular weight is 338 g/mol. The molecule has 1 aromatic rings. The van der Waals surface area contributed by atoms with Gasteiger partial charge in [-0.2, -0.15) is 0 Å². The molecule has 0 aliphatic rings. The maximum absolute atomic E-state index is 5.60. The summed E-state index contributed by atoms with van der Waals surface area (Å²) in [6.07, 6.45) is 3.58. The third-order valence-corrected chi connectivity index (χ3v) is 3.22. The Hall–Kier alpha value is 0.200. The molecule has 0 aromatic heterocycles. The van der Waals surface area contributed by atoms with Gasteiger partial charge < -0.3 is 5.32 Å². The Morgan fingerprint density at radius 3 is 2.47 bits per heavy atom. The maximum Gasteiger partial charge on any atom is 0.0223 e. The lowest BCUT2D eigenvalue weighted by molar-refractivity contribution is 0.618. The van der Waals surface area contributed by atoms with Crippen LogP contribution in [0.3, 0.4) is 0 Å². The summed E-state index contributed by atoms with van der Waals surface area (Å²) in [5.41, 5.74) is 1.35. The fourth-order valence-electron chi connectivity index (χ4n) is 1.36. The first-order valence-electron chi connectivity index (χ1n) is 5.34. The minimum Gasteiger partial charge on any atom is -0.313 e. The molecule has 1 rings (SSSR count). The van der Waals surface area contributed by atoms with Crippen LogP contribution in [0.2, 0.25) is 0 Å². The molecule has 3 heteroatoms. The van der Waals surface area contributed by atoms with Crippen molar-refractivity contribution in [2.45, 2.75) is 25.8 Å². The number of benzene rings is 1. The number of unbranched alkanes of at least 4 members (excludes halogenated alkanes) is 2. The van der Waals surface area contributed by atoms with E-state index in [9.17, 15) is 0 Å². The quantitative estimate of drug-likeness (QED) is 0.453. The van der Waals surface area contributed by atoms with Crippen LogP contribution in [-0.2, 0) is 6.54 Å². The zero-order valence-electron chi connectivity index (χ0n) is 8.81. The van der Waals surface area contributed by atoms with E-state index in [0.717, 1.165) is 25.4 Å². The SMILES string of the molecule is ClCCCCCNCc1ccc(I)cc1. The predicted octanol–water partition coefficient (Wildman–Crippen LogP) is 3.79. The van der Waals surface area contributed by atoms with E-state index in [1.54, 1.807) is 0 Å². The molecule has 0 radical (unpaired) electrons. The highest BCUT2D eigenvalue weighted by Crippen LogP contribution is 2.06. The van der Waals surface area contributed by atoms with Gasteiger partial charge in [0, 0.05) is 16.0 Å². The molecule has 1 N–H and O–H groups in total. The van der Waals surface area contributed by atoms with E-state index in [-0.39, 0.29) is 0 Å². The third-order valence-electron chi connectivity index (χ3n) is 2.23. The Balaban J connectivity index is 2.07. The van der Waals surface area contributed by atoms with E-state index in [0.29, 0.717) is 0 Å². The monoisotopic (exact) mass is 337 g/mol. The number of rotatable bonds is 7. The van der Waals surface area contributed by atoms with Crippen LogP contribution >= 0.6 is 34.2 Å². The fourth-order valence-corrected chi connectivity index (χ4v) is 1.90. The molecule has 0 unspecified atom stereocenters. The lowest BCUT2D eigenvalue weighted by Crippen LogP contribution is -2.14. The number of halogens is 2. The van der Waals surface area contributed by atoms with Crippen LogP contribution < -0.4 is 5.32 Å². The van der Waals surface area contributed by atoms with Crippen LogP contribution in [0.25, 0.3) is 0 Å². The molecule has 0 saturated carbocycles. The van der Waals surface area contributed by atoms with Crippen molar-refractivity contribution in [3.8, 4) is 0 Å². The number of alkyl halides is 1. The van der Waals surface area contributed by atoms with Gasteiger partial charge in [-0.1, -0.05) is 18.6 Å². The summed E-state index contributed by atoms with van der Waals surface area (Å²) in [6.45, 7) is 2.06. The second-order valence-corrected chi connectivity index (χ2v) is 5.18. The molecule has 0 heterocycles. The summed E-state index contributed by atoms with van der Waals surface area (Å²) in [6, 6.07) is 8.64. The van der Waals surface area contributed by atoms with Crippen molar-refractivity contribution in [2.24, 2.45) is 0 Å². The van der Waals surface area contributed by atoms with Gasteiger partial charge in [-0.05, 0) is 59.7 Å². The summed E-state index contributed by atoms with van der Waals surface area (Å²) < 4.78 is 1.29. The van der Waals surface area contributed by atoms with Crippen LogP contribution in [-0.4, -0.2) is 12.4 Å². The van der Waals surface area contributed by atoms with E-state index >= 15 is 0 Å². The van der Waals surface area contributed by atoms with Gasteiger partial charge in [-0.25, -0.2) is 0 Å². The molecular formula is C12H17ClIN. The van der Waals surface area contributed by atoms with E-state index in [1.807, 2.05) is 0 Å². The van der Waals surface area contributed by atoms with Crippen LogP contribution in [0, 0.1) is 3.57 Å². The van der Waals surface area contributed by atoms with Gasteiger partial charge in [0.25, 0.3) is 0 Å². The minimum absolute atomic E-state index is 0.789. The van der Waals surface area contributed by atoms with E-state index in [2.05, 4.69) is 52.2 Å². The molecule has 84 valence electrons. The molecule has 0 amide bonds. The van der Waals surface area contributed by atoms with E-state index in [1.165, 1.54) is 22.0 Å². The zero-order valence-corrected chi connectivity index (χ0v) is 11.7. The highest BCUT2D eigenvalue weighted by atomic mass is 127. The zero-order chi connectivity index (χ0) is 10.9. The van der Waals surface area contributed by atoms with Gasteiger partial charge in [-0.15, -0.1) is 11.6 Å². The van der Waals surface area contributed by atoms with Gasteiger partial charge >= 0.3 is 0 Å². The molecule has 0 spiro atoms. The summed E-state index contributed by atoms with van der Waals surface area (Å²) >= 11 is 7.93. The van der Waals surface area contributed by atoms with Crippen molar-refractivity contribution in [3.63, 3.8) is 0 Å². The minimum atomic E-state index is 0.789. The smallest absolute Gasteiger partial charge is 0.0223 e. The molecule has 0 fully saturated rings. The molecule has 0 bridgehead atoms. The van der Waals surface area contributed by atoms with Crippen molar-refractivity contribution in [3.05, 3.63) is 33.4 Å². The molecule has 0 atom stereocenters. The Kier molecular flexibility index (Phi) is 7.40. The summed E-state index contributed by atoms with van der Waals surface area (Å²) in [5.74, 6) is 0.789. The van der Waals surface area contributed by atoms with Crippen molar-refractivity contribution < 1.29 is 0 Å². The molecule has 0 aliphatic carbocycles. The maximum atomic E-state index is 5.60.